The Morgan fingerprint density at radius 3 is 2.71 bits per heavy atom. The molecular formula is C16H15N3O4S. The van der Waals surface area contributed by atoms with Crippen LogP contribution in [0.15, 0.2) is 47.5 Å². The van der Waals surface area contributed by atoms with Gasteiger partial charge in [-0.05, 0) is 23.1 Å². The van der Waals surface area contributed by atoms with Crippen LogP contribution in [0.4, 0.5) is 5.69 Å². The second-order valence-corrected chi connectivity index (χ2v) is 5.89. The summed E-state index contributed by atoms with van der Waals surface area (Å²) < 4.78 is 0. The molecule has 0 bridgehead atoms. The molecule has 0 saturated carbocycles. The number of hydrogen-bond donors (Lipinski definition) is 2. The normalized spacial score (nSPS) is 11.0. The summed E-state index contributed by atoms with van der Waals surface area (Å²) in [6.45, 7) is 1.62. The van der Waals surface area contributed by atoms with Gasteiger partial charge in [0.25, 0.3) is 11.6 Å². The number of non-ortho nitro benzene ring substituents is 1. The average molecular weight is 345 g/mol. The number of hydrogen-bond acceptors (Lipinski definition) is 5. The lowest BCUT2D eigenvalue weighted by Gasteiger charge is -2.09. The summed E-state index contributed by atoms with van der Waals surface area (Å²) in [5, 5.41) is 17.9. The van der Waals surface area contributed by atoms with Crippen molar-refractivity contribution in [2.75, 3.05) is 0 Å². The van der Waals surface area contributed by atoms with Crippen molar-refractivity contribution in [2.24, 2.45) is 0 Å². The topological polar surface area (TPSA) is 101 Å². The molecule has 0 aliphatic rings. The van der Waals surface area contributed by atoms with E-state index in [1.807, 2.05) is 17.5 Å². The maximum atomic E-state index is 12.3. The molecule has 2 N–H and O–H groups in total. The first-order valence-electron chi connectivity index (χ1n) is 7.00. The minimum absolute atomic E-state index is 0.0274. The highest BCUT2D eigenvalue weighted by atomic mass is 32.1. The minimum atomic E-state index is -0.522. The Labute approximate surface area is 142 Å². The summed E-state index contributed by atoms with van der Waals surface area (Å²) in [7, 11) is 0. The highest BCUT2D eigenvalue weighted by molar-refractivity contribution is 7.09. The third-order valence-electron chi connectivity index (χ3n) is 2.95. The molecule has 24 heavy (non-hydrogen) atoms. The fraction of sp³-hybridized carbons (Fsp3) is 0.125. The van der Waals surface area contributed by atoms with Gasteiger partial charge in [0.1, 0.15) is 5.70 Å². The Morgan fingerprint density at radius 1 is 1.29 bits per heavy atom. The van der Waals surface area contributed by atoms with E-state index in [1.165, 1.54) is 42.5 Å². The van der Waals surface area contributed by atoms with Gasteiger partial charge in [0, 0.05) is 23.9 Å². The Kier molecular flexibility index (Phi) is 5.80. The fourth-order valence-electron chi connectivity index (χ4n) is 1.92. The summed E-state index contributed by atoms with van der Waals surface area (Å²) in [4.78, 5) is 34.9. The van der Waals surface area contributed by atoms with Crippen LogP contribution in [-0.4, -0.2) is 16.7 Å². The molecule has 0 unspecified atom stereocenters. The molecule has 1 heterocycles. The van der Waals surface area contributed by atoms with Crippen LogP contribution in [0.5, 0.6) is 0 Å². The lowest BCUT2D eigenvalue weighted by atomic mass is 10.1. The zero-order valence-corrected chi connectivity index (χ0v) is 13.6. The van der Waals surface area contributed by atoms with Gasteiger partial charge in [-0.25, -0.2) is 0 Å². The van der Waals surface area contributed by atoms with Gasteiger partial charge in [0.05, 0.1) is 11.5 Å². The molecule has 2 aromatic rings. The maximum absolute atomic E-state index is 12.3. The van der Waals surface area contributed by atoms with Crippen LogP contribution < -0.4 is 10.6 Å². The molecule has 0 aliphatic heterocycles. The van der Waals surface area contributed by atoms with Gasteiger partial charge < -0.3 is 10.6 Å². The van der Waals surface area contributed by atoms with Crippen molar-refractivity contribution in [1.82, 2.24) is 10.6 Å². The molecule has 0 saturated heterocycles. The third kappa shape index (κ3) is 5.03. The first kappa shape index (κ1) is 17.4. The monoisotopic (exact) mass is 345 g/mol. The number of carbonyl (C=O) groups excluding carboxylic acids is 2. The fourth-order valence-corrected chi connectivity index (χ4v) is 2.56. The summed E-state index contributed by atoms with van der Waals surface area (Å²) >= 11 is 1.50. The number of amides is 2. The Balaban J connectivity index is 2.20. The van der Waals surface area contributed by atoms with Gasteiger partial charge in [-0.15, -0.1) is 11.3 Å². The molecule has 124 valence electrons. The van der Waals surface area contributed by atoms with E-state index in [-0.39, 0.29) is 11.4 Å². The first-order valence-corrected chi connectivity index (χ1v) is 7.88. The van der Waals surface area contributed by atoms with E-state index in [0.717, 1.165) is 4.88 Å². The van der Waals surface area contributed by atoms with E-state index in [0.29, 0.717) is 12.1 Å². The molecule has 1 aromatic carbocycles. The van der Waals surface area contributed by atoms with E-state index < -0.39 is 16.7 Å². The SMILES string of the molecule is CC(=O)N/C(=C\c1cccc([N+](=O)[O-])c1)C(=O)NCc1cccs1. The van der Waals surface area contributed by atoms with E-state index in [1.54, 1.807) is 6.07 Å². The molecule has 0 aliphatic carbocycles. The van der Waals surface area contributed by atoms with Gasteiger partial charge in [-0.1, -0.05) is 18.2 Å². The quantitative estimate of drug-likeness (QED) is 0.477. The molecule has 7 nitrogen and oxygen atoms in total. The average Bonchev–Trinajstić information content (AvgIpc) is 3.05. The van der Waals surface area contributed by atoms with Crippen LogP contribution in [-0.2, 0) is 16.1 Å². The molecule has 2 amide bonds. The number of nitro benzene ring substituents is 1. The van der Waals surface area contributed by atoms with Crippen LogP contribution in [0.2, 0.25) is 0 Å². The smallest absolute Gasteiger partial charge is 0.270 e. The van der Waals surface area contributed by atoms with Crippen LogP contribution in [0.1, 0.15) is 17.4 Å². The Hall–Kier alpha value is -3.00. The van der Waals surface area contributed by atoms with Crippen molar-refractivity contribution < 1.29 is 14.5 Å². The van der Waals surface area contributed by atoms with Crippen LogP contribution in [0.25, 0.3) is 6.08 Å². The molecule has 2 rings (SSSR count). The molecular weight excluding hydrogens is 330 g/mol. The number of rotatable bonds is 6. The maximum Gasteiger partial charge on any atom is 0.270 e. The molecule has 0 spiro atoms. The number of nitro groups is 1. The van der Waals surface area contributed by atoms with Crippen molar-refractivity contribution in [3.8, 4) is 0 Å². The highest BCUT2D eigenvalue weighted by Gasteiger charge is 2.12. The molecule has 0 radical (unpaired) electrons. The van der Waals surface area contributed by atoms with Crippen molar-refractivity contribution in [1.29, 1.82) is 0 Å². The van der Waals surface area contributed by atoms with E-state index in [9.17, 15) is 19.7 Å². The van der Waals surface area contributed by atoms with Crippen LogP contribution >= 0.6 is 11.3 Å². The standard InChI is InChI=1S/C16H15N3O4S/c1-11(20)18-15(16(21)17-10-14-6-3-7-24-14)9-12-4-2-5-13(8-12)19(22)23/h2-9H,10H2,1H3,(H,17,21)(H,18,20)/b15-9-. The molecule has 8 heteroatoms. The number of thiophene rings is 1. The van der Waals surface area contributed by atoms with Gasteiger partial charge in [0.2, 0.25) is 5.91 Å². The van der Waals surface area contributed by atoms with Gasteiger partial charge in [-0.3, -0.25) is 19.7 Å². The summed E-state index contributed by atoms with van der Waals surface area (Å²) in [5.41, 5.74) is 0.378. The second kappa shape index (κ2) is 8.02. The highest BCUT2D eigenvalue weighted by Crippen LogP contribution is 2.15. The van der Waals surface area contributed by atoms with Crippen molar-refractivity contribution in [2.45, 2.75) is 13.5 Å². The van der Waals surface area contributed by atoms with E-state index in [2.05, 4.69) is 10.6 Å². The molecule has 0 fully saturated rings. The van der Waals surface area contributed by atoms with Gasteiger partial charge in [0.15, 0.2) is 0 Å². The largest absolute Gasteiger partial charge is 0.346 e. The van der Waals surface area contributed by atoms with E-state index >= 15 is 0 Å². The van der Waals surface area contributed by atoms with Gasteiger partial charge in [-0.2, -0.15) is 0 Å². The lowest BCUT2D eigenvalue weighted by Crippen LogP contribution is -2.33. The second-order valence-electron chi connectivity index (χ2n) is 4.85. The van der Waals surface area contributed by atoms with Crippen molar-refractivity contribution in [3.05, 3.63) is 68.0 Å². The third-order valence-corrected chi connectivity index (χ3v) is 3.83. The lowest BCUT2D eigenvalue weighted by molar-refractivity contribution is -0.384. The van der Waals surface area contributed by atoms with Crippen molar-refractivity contribution >= 4 is 34.9 Å². The molecule has 1 aromatic heterocycles. The Bertz CT molecular complexity index is 784. The predicted octanol–water partition coefficient (Wildman–Crippen LogP) is 2.45. The zero-order valence-electron chi connectivity index (χ0n) is 12.8. The van der Waals surface area contributed by atoms with Crippen molar-refractivity contribution in [3.63, 3.8) is 0 Å². The number of benzene rings is 1. The predicted molar refractivity (Wildman–Crippen MR) is 91.1 cm³/mol. The zero-order chi connectivity index (χ0) is 17.5. The molecule has 0 atom stereocenters. The summed E-state index contributed by atoms with van der Waals surface area (Å²) in [6.07, 6.45) is 1.40. The first-order chi connectivity index (χ1) is 11.5. The summed E-state index contributed by atoms with van der Waals surface area (Å²) in [6, 6.07) is 9.56. The Morgan fingerprint density at radius 2 is 2.08 bits per heavy atom. The van der Waals surface area contributed by atoms with E-state index in [4.69, 9.17) is 0 Å². The number of nitrogens with one attached hydrogen (secondary N) is 2. The summed E-state index contributed by atoms with van der Waals surface area (Å²) in [5.74, 6) is -0.872. The minimum Gasteiger partial charge on any atom is -0.346 e. The number of carbonyl (C=O) groups is 2. The van der Waals surface area contributed by atoms with Crippen LogP contribution in [0.3, 0.4) is 0 Å². The number of nitrogens with zero attached hydrogens (tertiary/aromatic N) is 1. The van der Waals surface area contributed by atoms with Crippen LogP contribution in [0, 0.1) is 10.1 Å². The van der Waals surface area contributed by atoms with Gasteiger partial charge >= 0.3 is 0 Å².